The molecule has 2 aromatic heterocycles. The van der Waals surface area contributed by atoms with Crippen LogP contribution in [0.2, 0.25) is 5.02 Å². The lowest BCUT2D eigenvalue weighted by molar-refractivity contribution is -0.152. The molecule has 4 rings (SSSR count). The maximum atomic E-state index is 13.9. The van der Waals surface area contributed by atoms with Crippen LogP contribution in [0.25, 0.3) is 22.1 Å². The second kappa shape index (κ2) is 8.23. The molecule has 0 saturated heterocycles. The molecule has 0 spiro atoms. The largest absolute Gasteiger partial charge is 0.493 e. The highest BCUT2D eigenvalue weighted by Crippen LogP contribution is 2.41. The highest BCUT2D eigenvalue weighted by Gasteiger charge is 2.40. The van der Waals surface area contributed by atoms with E-state index in [-0.39, 0.29) is 34.6 Å². The van der Waals surface area contributed by atoms with Gasteiger partial charge in [-0.3, -0.25) is 9.48 Å². The van der Waals surface area contributed by atoms with Crippen LogP contribution in [0.1, 0.15) is 11.3 Å². The Morgan fingerprint density at radius 3 is 2.59 bits per heavy atom. The molecule has 0 atom stereocenters. The number of nitrogens with zero attached hydrogens (tertiary/aromatic N) is 2. The third-order valence-electron chi connectivity index (χ3n) is 4.82. The summed E-state index contributed by atoms with van der Waals surface area (Å²) in [5.74, 6) is -1.40. The Bertz CT molecular complexity index is 1360. The minimum absolute atomic E-state index is 0.0233. The molecule has 6 nitrogen and oxygen atoms in total. The zero-order valence-corrected chi connectivity index (χ0v) is 17.6. The number of hydrogen-bond donors (Lipinski definition) is 0. The summed E-state index contributed by atoms with van der Waals surface area (Å²) < 4.78 is 58.6. The molecule has 0 fully saturated rings. The predicted octanol–water partition coefficient (Wildman–Crippen LogP) is 5.39. The van der Waals surface area contributed by atoms with Crippen molar-refractivity contribution in [2.45, 2.75) is 12.7 Å². The molecule has 2 aromatic carbocycles. The van der Waals surface area contributed by atoms with Crippen LogP contribution in [0, 0.1) is 0 Å². The number of rotatable bonds is 5. The summed E-state index contributed by atoms with van der Waals surface area (Å²) in [7, 11) is 2.58. The molecule has 0 aliphatic carbocycles. The van der Waals surface area contributed by atoms with Gasteiger partial charge in [0.15, 0.2) is 11.3 Å². The molecule has 32 heavy (non-hydrogen) atoms. The van der Waals surface area contributed by atoms with E-state index in [4.69, 9.17) is 25.5 Å². The lowest BCUT2D eigenvalue weighted by atomic mass is 10.0. The van der Waals surface area contributed by atoms with E-state index in [1.165, 1.54) is 43.4 Å². The summed E-state index contributed by atoms with van der Waals surface area (Å²) in [6.07, 6.45) is -2.39. The van der Waals surface area contributed by atoms with Gasteiger partial charge in [-0.2, -0.15) is 18.3 Å². The normalized spacial score (nSPS) is 11.7. The minimum atomic E-state index is -4.94. The second-order valence-corrected chi connectivity index (χ2v) is 7.30. The first-order valence-corrected chi connectivity index (χ1v) is 9.67. The third-order valence-corrected chi connectivity index (χ3v) is 5.05. The van der Waals surface area contributed by atoms with Gasteiger partial charge >= 0.3 is 6.18 Å². The second-order valence-electron chi connectivity index (χ2n) is 6.87. The van der Waals surface area contributed by atoms with Crippen molar-refractivity contribution in [2.24, 2.45) is 0 Å². The molecule has 0 bridgehead atoms. The van der Waals surface area contributed by atoms with E-state index in [2.05, 4.69) is 5.10 Å². The van der Waals surface area contributed by atoms with E-state index in [0.717, 1.165) is 5.56 Å². The number of fused-ring (bicyclic) bond motifs is 1. The minimum Gasteiger partial charge on any atom is -0.493 e. The highest BCUT2D eigenvalue weighted by molar-refractivity contribution is 6.30. The van der Waals surface area contributed by atoms with Crippen LogP contribution in [0.15, 0.2) is 58.0 Å². The topological polar surface area (TPSA) is 66.5 Å². The van der Waals surface area contributed by atoms with Gasteiger partial charge < -0.3 is 13.9 Å². The van der Waals surface area contributed by atoms with Crippen molar-refractivity contribution >= 4 is 22.6 Å². The standard InChI is InChI=1S/C22H16ClF3N2O4/c1-30-16-7-6-15-18(29)17(21(22(24,25)26)32-19(15)20(16)31-2)13-9-27-28(11-13)10-12-4-3-5-14(23)8-12/h3-9,11H,10H2,1-2H3. The SMILES string of the molecule is COc1ccc2c(=O)c(-c3cnn(Cc4cccc(Cl)c4)c3)c(C(F)(F)F)oc2c1OC. The molecule has 2 heterocycles. The number of ether oxygens (including phenoxy) is 2. The van der Waals surface area contributed by atoms with E-state index in [1.54, 1.807) is 24.3 Å². The molecule has 0 unspecified atom stereocenters. The van der Waals surface area contributed by atoms with Crippen molar-refractivity contribution < 1.29 is 27.1 Å². The van der Waals surface area contributed by atoms with E-state index >= 15 is 0 Å². The number of alkyl halides is 3. The first-order valence-electron chi connectivity index (χ1n) is 9.29. The van der Waals surface area contributed by atoms with Crippen molar-refractivity contribution in [3.63, 3.8) is 0 Å². The van der Waals surface area contributed by atoms with Crippen molar-refractivity contribution in [1.82, 2.24) is 9.78 Å². The summed E-state index contributed by atoms with van der Waals surface area (Å²) >= 11 is 5.98. The number of hydrogen-bond acceptors (Lipinski definition) is 5. The van der Waals surface area contributed by atoms with Gasteiger partial charge in [-0.05, 0) is 29.8 Å². The third kappa shape index (κ3) is 3.91. The molecule has 10 heteroatoms. The van der Waals surface area contributed by atoms with E-state index in [9.17, 15) is 18.0 Å². The molecule has 0 radical (unpaired) electrons. The Kier molecular flexibility index (Phi) is 5.60. The van der Waals surface area contributed by atoms with Crippen LogP contribution in [0.4, 0.5) is 13.2 Å². The van der Waals surface area contributed by atoms with Gasteiger partial charge in [0.1, 0.15) is 0 Å². The van der Waals surface area contributed by atoms with Crippen LogP contribution in [-0.2, 0) is 12.7 Å². The highest BCUT2D eigenvalue weighted by atomic mass is 35.5. The van der Waals surface area contributed by atoms with Crippen molar-refractivity contribution in [2.75, 3.05) is 14.2 Å². The Hall–Kier alpha value is -3.46. The lowest BCUT2D eigenvalue weighted by Gasteiger charge is -2.14. The van der Waals surface area contributed by atoms with Gasteiger partial charge in [-0.25, -0.2) is 0 Å². The predicted molar refractivity (Wildman–Crippen MR) is 112 cm³/mol. The summed E-state index contributed by atoms with van der Waals surface area (Å²) in [5.41, 5.74) is -1.06. The molecule has 166 valence electrons. The van der Waals surface area contributed by atoms with Gasteiger partial charge in [0.05, 0.1) is 37.9 Å². The average molecular weight is 465 g/mol. The summed E-state index contributed by atoms with van der Waals surface area (Å²) in [6, 6.07) is 9.75. The maximum absolute atomic E-state index is 13.9. The van der Waals surface area contributed by atoms with E-state index in [0.29, 0.717) is 5.02 Å². The summed E-state index contributed by atoms with van der Waals surface area (Å²) in [4.78, 5) is 13.2. The fourth-order valence-electron chi connectivity index (χ4n) is 3.43. The Labute approximate surface area is 184 Å². The number of aromatic nitrogens is 2. The lowest BCUT2D eigenvalue weighted by Crippen LogP contribution is -2.16. The molecule has 0 amide bonds. The molecule has 4 aromatic rings. The molecule has 0 aliphatic heterocycles. The van der Waals surface area contributed by atoms with Crippen molar-refractivity contribution in [3.8, 4) is 22.6 Å². The molecular formula is C22H16ClF3N2O4. The maximum Gasteiger partial charge on any atom is 0.450 e. The fourth-order valence-corrected chi connectivity index (χ4v) is 3.65. The number of methoxy groups -OCH3 is 2. The summed E-state index contributed by atoms with van der Waals surface area (Å²) in [5, 5.41) is 4.55. The first-order chi connectivity index (χ1) is 15.2. The quantitative estimate of drug-likeness (QED) is 0.396. The van der Waals surface area contributed by atoms with Gasteiger partial charge in [-0.15, -0.1) is 0 Å². The van der Waals surface area contributed by atoms with Crippen LogP contribution in [-0.4, -0.2) is 24.0 Å². The smallest absolute Gasteiger partial charge is 0.450 e. The summed E-state index contributed by atoms with van der Waals surface area (Å²) in [6.45, 7) is 0.256. The number of halogens is 4. The van der Waals surface area contributed by atoms with E-state index < -0.39 is 22.9 Å². The van der Waals surface area contributed by atoms with Crippen LogP contribution >= 0.6 is 11.6 Å². The van der Waals surface area contributed by atoms with Crippen LogP contribution < -0.4 is 14.9 Å². The monoisotopic (exact) mass is 464 g/mol. The van der Waals surface area contributed by atoms with E-state index in [1.807, 2.05) is 0 Å². The van der Waals surface area contributed by atoms with Crippen molar-refractivity contribution in [3.05, 3.63) is 75.4 Å². The number of benzene rings is 2. The molecule has 0 aliphatic rings. The van der Waals surface area contributed by atoms with Gasteiger partial charge in [-0.1, -0.05) is 23.7 Å². The van der Waals surface area contributed by atoms with Crippen LogP contribution in [0.5, 0.6) is 11.5 Å². The zero-order chi connectivity index (χ0) is 23.0. The fraction of sp³-hybridized carbons (Fsp3) is 0.182. The first kappa shape index (κ1) is 21.8. The zero-order valence-electron chi connectivity index (χ0n) is 16.9. The van der Waals surface area contributed by atoms with Gasteiger partial charge in [0, 0.05) is 16.8 Å². The molecule has 0 saturated carbocycles. The Balaban J connectivity index is 1.90. The molecule has 0 N–H and O–H groups in total. The Morgan fingerprint density at radius 1 is 1.16 bits per heavy atom. The van der Waals surface area contributed by atoms with Gasteiger partial charge in [0.25, 0.3) is 0 Å². The molecular weight excluding hydrogens is 449 g/mol. The van der Waals surface area contributed by atoms with Crippen molar-refractivity contribution in [1.29, 1.82) is 0 Å². The van der Waals surface area contributed by atoms with Gasteiger partial charge in [0.2, 0.25) is 16.9 Å². The Morgan fingerprint density at radius 2 is 1.94 bits per heavy atom. The average Bonchev–Trinajstić information content (AvgIpc) is 3.19. The van der Waals surface area contributed by atoms with Crippen LogP contribution in [0.3, 0.4) is 0 Å².